The molecule has 6 heteroatoms. The number of ether oxygens (including phenoxy) is 2. The second-order valence-electron chi connectivity index (χ2n) is 7.21. The van der Waals surface area contributed by atoms with Crippen LogP contribution >= 0.6 is 0 Å². The van der Waals surface area contributed by atoms with E-state index in [-0.39, 0.29) is 5.91 Å². The number of hydrogen-bond donors (Lipinski definition) is 0. The van der Waals surface area contributed by atoms with Gasteiger partial charge in [-0.2, -0.15) is 0 Å². The summed E-state index contributed by atoms with van der Waals surface area (Å²) in [6, 6.07) is 13.9. The quantitative estimate of drug-likeness (QED) is 0.634. The number of carbonyl (C=O) groups excluding carboxylic acids is 1. The molecule has 2 heterocycles. The molecule has 0 radical (unpaired) electrons. The average molecular weight is 392 g/mol. The van der Waals surface area contributed by atoms with Gasteiger partial charge in [-0.25, -0.2) is 4.98 Å². The third kappa shape index (κ3) is 4.59. The van der Waals surface area contributed by atoms with Gasteiger partial charge in [-0.15, -0.1) is 0 Å². The number of carbonyl (C=O) groups is 1. The number of aryl methyl sites for hydroxylation is 2. The highest BCUT2D eigenvalue weighted by Gasteiger charge is 2.15. The molecule has 150 valence electrons. The molecule has 2 aromatic carbocycles. The molecule has 6 nitrogen and oxygen atoms in total. The first-order chi connectivity index (χ1) is 14.1. The van der Waals surface area contributed by atoms with E-state index in [0.717, 1.165) is 28.4 Å². The summed E-state index contributed by atoms with van der Waals surface area (Å²) in [5, 5.41) is 0. The number of nitrogens with zero attached hydrogens (tertiary/aromatic N) is 2. The number of oxazole rings is 1. The Morgan fingerprint density at radius 2 is 1.83 bits per heavy atom. The molecule has 4 rings (SSSR count). The van der Waals surface area contributed by atoms with E-state index in [9.17, 15) is 4.79 Å². The summed E-state index contributed by atoms with van der Waals surface area (Å²) >= 11 is 0. The zero-order valence-electron chi connectivity index (χ0n) is 16.7. The molecule has 3 aromatic rings. The lowest BCUT2D eigenvalue weighted by Crippen LogP contribution is -2.26. The standard InChI is InChI=1S/C23H24N2O4/c1-16-3-6-18(7-4-16)21-14-24-22(29-21)9-10-23(26)25(2)15-17-5-8-19-20(13-17)28-12-11-27-19/h3-8,13-14H,9-12,15H2,1-2H3. The van der Waals surface area contributed by atoms with Gasteiger partial charge in [0.05, 0.1) is 6.20 Å². The summed E-state index contributed by atoms with van der Waals surface area (Å²) in [5.41, 5.74) is 3.18. The first kappa shape index (κ1) is 19.1. The van der Waals surface area contributed by atoms with E-state index < -0.39 is 0 Å². The van der Waals surface area contributed by atoms with Crippen molar-refractivity contribution < 1.29 is 18.7 Å². The van der Waals surface area contributed by atoms with Crippen LogP contribution < -0.4 is 9.47 Å². The van der Waals surface area contributed by atoms with Gasteiger partial charge in [0.1, 0.15) is 13.2 Å². The minimum atomic E-state index is 0.0370. The number of amides is 1. The van der Waals surface area contributed by atoms with E-state index >= 15 is 0 Å². The zero-order chi connectivity index (χ0) is 20.2. The molecule has 0 bridgehead atoms. The van der Waals surface area contributed by atoms with Crippen LogP contribution in [0.25, 0.3) is 11.3 Å². The van der Waals surface area contributed by atoms with Crippen molar-refractivity contribution in [2.75, 3.05) is 20.3 Å². The van der Waals surface area contributed by atoms with Gasteiger partial charge in [-0.3, -0.25) is 4.79 Å². The molecule has 1 aliphatic heterocycles. The topological polar surface area (TPSA) is 64.8 Å². The van der Waals surface area contributed by atoms with Crippen molar-refractivity contribution >= 4 is 5.91 Å². The molecule has 0 N–H and O–H groups in total. The molecule has 1 aliphatic rings. The Labute approximate surface area is 170 Å². The van der Waals surface area contributed by atoms with Crippen molar-refractivity contribution in [1.82, 2.24) is 9.88 Å². The minimum Gasteiger partial charge on any atom is -0.486 e. The summed E-state index contributed by atoms with van der Waals surface area (Å²) in [4.78, 5) is 18.5. The van der Waals surface area contributed by atoms with Crippen LogP contribution in [0.3, 0.4) is 0 Å². The Morgan fingerprint density at radius 3 is 2.62 bits per heavy atom. The predicted molar refractivity (Wildman–Crippen MR) is 109 cm³/mol. The molecule has 0 aliphatic carbocycles. The monoisotopic (exact) mass is 392 g/mol. The van der Waals surface area contributed by atoms with Gasteiger partial charge in [0.25, 0.3) is 0 Å². The van der Waals surface area contributed by atoms with Crippen LogP contribution in [0.4, 0.5) is 0 Å². The molecule has 0 unspecified atom stereocenters. The maximum Gasteiger partial charge on any atom is 0.223 e. The zero-order valence-corrected chi connectivity index (χ0v) is 16.7. The van der Waals surface area contributed by atoms with Crippen LogP contribution in [0.5, 0.6) is 11.5 Å². The van der Waals surface area contributed by atoms with Crippen LogP contribution in [-0.2, 0) is 17.8 Å². The first-order valence-electron chi connectivity index (χ1n) is 9.73. The fraction of sp³-hybridized carbons (Fsp3) is 0.304. The van der Waals surface area contributed by atoms with Crippen LogP contribution in [-0.4, -0.2) is 36.1 Å². The highest BCUT2D eigenvalue weighted by Crippen LogP contribution is 2.31. The van der Waals surface area contributed by atoms with E-state index in [1.54, 1.807) is 18.1 Å². The maximum absolute atomic E-state index is 12.5. The minimum absolute atomic E-state index is 0.0370. The first-order valence-corrected chi connectivity index (χ1v) is 9.73. The fourth-order valence-electron chi connectivity index (χ4n) is 3.23. The summed E-state index contributed by atoms with van der Waals surface area (Å²) in [6.07, 6.45) is 2.52. The lowest BCUT2D eigenvalue weighted by atomic mass is 10.1. The van der Waals surface area contributed by atoms with Crippen LogP contribution in [0.1, 0.15) is 23.4 Å². The third-order valence-electron chi connectivity index (χ3n) is 4.89. The molecule has 1 amide bonds. The largest absolute Gasteiger partial charge is 0.486 e. The average Bonchev–Trinajstić information content (AvgIpc) is 3.21. The molecule has 1 aromatic heterocycles. The van der Waals surface area contributed by atoms with Crippen molar-refractivity contribution in [1.29, 1.82) is 0 Å². The van der Waals surface area contributed by atoms with Gasteiger partial charge in [0.2, 0.25) is 5.91 Å². The van der Waals surface area contributed by atoms with Crippen LogP contribution in [0.15, 0.2) is 53.1 Å². The smallest absolute Gasteiger partial charge is 0.223 e. The van der Waals surface area contributed by atoms with Crippen molar-refractivity contribution in [3.05, 3.63) is 65.7 Å². The number of aromatic nitrogens is 1. The molecular weight excluding hydrogens is 368 g/mol. The number of rotatable bonds is 6. The van der Waals surface area contributed by atoms with Crippen LogP contribution in [0.2, 0.25) is 0 Å². The molecule has 29 heavy (non-hydrogen) atoms. The van der Waals surface area contributed by atoms with E-state index in [2.05, 4.69) is 4.98 Å². The lowest BCUT2D eigenvalue weighted by molar-refractivity contribution is -0.130. The summed E-state index contributed by atoms with van der Waals surface area (Å²) in [5.74, 6) is 2.81. The second-order valence-corrected chi connectivity index (χ2v) is 7.21. The highest BCUT2D eigenvalue weighted by molar-refractivity contribution is 5.76. The molecule has 0 atom stereocenters. The van der Waals surface area contributed by atoms with E-state index in [1.165, 1.54) is 5.56 Å². The van der Waals surface area contributed by atoms with Gasteiger partial charge < -0.3 is 18.8 Å². The van der Waals surface area contributed by atoms with Crippen LogP contribution in [0, 0.1) is 6.92 Å². The number of fused-ring (bicyclic) bond motifs is 1. The number of hydrogen-bond acceptors (Lipinski definition) is 5. The predicted octanol–water partition coefficient (Wildman–Crippen LogP) is 4.01. The van der Waals surface area contributed by atoms with Gasteiger partial charge in [-0.05, 0) is 24.6 Å². The number of benzene rings is 2. The van der Waals surface area contributed by atoms with Gasteiger partial charge in [0.15, 0.2) is 23.1 Å². The summed E-state index contributed by atoms with van der Waals surface area (Å²) in [6.45, 7) is 3.67. The van der Waals surface area contributed by atoms with E-state index in [4.69, 9.17) is 13.9 Å². The Morgan fingerprint density at radius 1 is 1.07 bits per heavy atom. The van der Waals surface area contributed by atoms with Gasteiger partial charge in [0, 0.05) is 32.0 Å². The van der Waals surface area contributed by atoms with E-state index in [0.29, 0.717) is 38.5 Å². The Balaban J connectivity index is 1.32. The normalized spacial score (nSPS) is 12.6. The second kappa shape index (κ2) is 8.39. The molecular formula is C23H24N2O4. The van der Waals surface area contributed by atoms with Gasteiger partial charge >= 0.3 is 0 Å². The third-order valence-corrected chi connectivity index (χ3v) is 4.89. The van der Waals surface area contributed by atoms with Crippen molar-refractivity contribution in [2.45, 2.75) is 26.3 Å². The molecule has 0 spiro atoms. The highest BCUT2D eigenvalue weighted by atomic mass is 16.6. The fourth-order valence-corrected chi connectivity index (χ4v) is 3.23. The molecule has 0 saturated carbocycles. The Hall–Kier alpha value is -3.28. The Kier molecular flexibility index (Phi) is 5.51. The van der Waals surface area contributed by atoms with Crippen molar-refractivity contribution in [3.8, 4) is 22.8 Å². The molecule has 0 saturated heterocycles. The SMILES string of the molecule is Cc1ccc(-c2cnc(CCC(=O)N(C)Cc3ccc4c(c3)OCCO4)o2)cc1. The van der Waals surface area contributed by atoms with Crippen molar-refractivity contribution in [3.63, 3.8) is 0 Å². The van der Waals surface area contributed by atoms with Gasteiger partial charge in [-0.1, -0.05) is 35.9 Å². The summed E-state index contributed by atoms with van der Waals surface area (Å²) in [7, 11) is 1.80. The Bertz CT molecular complexity index is 994. The maximum atomic E-state index is 12.5. The van der Waals surface area contributed by atoms with E-state index in [1.807, 2.05) is 49.4 Å². The molecule has 0 fully saturated rings. The summed E-state index contributed by atoms with van der Waals surface area (Å²) < 4.78 is 17.0. The lowest BCUT2D eigenvalue weighted by Gasteiger charge is -2.21. The van der Waals surface area contributed by atoms with Crippen molar-refractivity contribution in [2.24, 2.45) is 0 Å².